The molecule has 1 aromatic carbocycles. The molecule has 0 atom stereocenters. The van der Waals surface area contributed by atoms with E-state index in [2.05, 4.69) is 4.98 Å². The molecule has 4 heteroatoms. The third kappa shape index (κ3) is 1.65. The number of phenolic OH excluding ortho intramolecular Hbond substituents is 1. The van der Waals surface area contributed by atoms with Crippen LogP contribution in [0.2, 0.25) is 0 Å². The quantitative estimate of drug-likeness (QED) is 0.557. The van der Waals surface area contributed by atoms with Gasteiger partial charge in [0.2, 0.25) is 0 Å². The zero-order valence-corrected chi connectivity index (χ0v) is 8.95. The molecule has 0 amide bonds. The number of nitrogens with zero attached hydrogens (tertiary/aromatic N) is 1. The Labute approximate surface area is 89.9 Å². The van der Waals surface area contributed by atoms with Crippen molar-refractivity contribution in [2.75, 3.05) is 5.73 Å². The van der Waals surface area contributed by atoms with E-state index >= 15 is 0 Å². The molecule has 0 aliphatic carbocycles. The molecule has 0 radical (unpaired) electrons. The topological polar surface area (TPSA) is 59.1 Å². The van der Waals surface area contributed by atoms with E-state index in [1.165, 1.54) is 0 Å². The third-order valence-electron chi connectivity index (χ3n) is 1.78. The largest absolute Gasteiger partial charge is 0.506 e. The van der Waals surface area contributed by atoms with Crippen LogP contribution in [0.4, 0.5) is 5.69 Å². The zero-order valence-electron chi connectivity index (χ0n) is 6.67. The maximum atomic E-state index is 9.38. The third-order valence-corrected chi connectivity index (χ3v) is 1.78. The fourth-order valence-electron chi connectivity index (χ4n) is 1.18. The molecule has 1 heterocycles. The van der Waals surface area contributed by atoms with Crippen LogP contribution >= 0.6 is 0 Å². The Morgan fingerprint density at radius 2 is 2.00 bits per heavy atom. The average molecular weight is 355 g/mol. The molecule has 1 aromatic heterocycles. The summed E-state index contributed by atoms with van der Waals surface area (Å²) < 4.78 is 0. The summed E-state index contributed by atoms with van der Waals surface area (Å²) in [4.78, 5) is 4.01. The molecular formula is C9H8N2OPt. The molecule has 0 aliphatic heterocycles. The monoisotopic (exact) mass is 355 g/mol. The summed E-state index contributed by atoms with van der Waals surface area (Å²) in [5.41, 5.74) is 6.86. The van der Waals surface area contributed by atoms with Crippen molar-refractivity contribution in [1.29, 1.82) is 0 Å². The van der Waals surface area contributed by atoms with Gasteiger partial charge in [0.15, 0.2) is 0 Å². The van der Waals surface area contributed by atoms with Crippen molar-refractivity contribution in [2.24, 2.45) is 0 Å². The Kier molecular flexibility index (Phi) is 2.89. The number of nitrogens with two attached hydrogens (primary N) is 1. The van der Waals surface area contributed by atoms with Gasteiger partial charge < -0.3 is 10.8 Å². The second-order valence-corrected chi connectivity index (χ2v) is 2.57. The van der Waals surface area contributed by atoms with Crippen LogP contribution in [-0.4, -0.2) is 10.1 Å². The number of aromatic hydroxyl groups is 1. The first-order valence-electron chi connectivity index (χ1n) is 3.61. The predicted octanol–water partition coefficient (Wildman–Crippen LogP) is 1.52. The predicted molar refractivity (Wildman–Crippen MR) is 47.8 cm³/mol. The number of fused-ring (bicyclic) bond motifs is 1. The van der Waals surface area contributed by atoms with Crippen LogP contribution in [0.1, 0.15) is 0 Å². The maximum Gasteiger partial charge on any atom is 0.141 e. The average Bonchev–Trinajstić information content (AvgIpc) is 2.12. The Morgan fingerprint density at radius 3 is 2.69 bits per heavy atom. The van der Waals surface area contributed by atoms with Crippen LogP contribution in [0.5, 0.6) is 5.75 Å². The van der Waals surface area contributed by atoms with E-state index in [0.29, 0.717) is 11.2 Å². The Bertz CT molecular complexity index is 390. The molecular weight excluding hydrogens is 347 g/mol. The van der Waals surface area contributed by atoms with Crippen LogP contribution in [0, 0.1) is 0 Å². The molecule has 0 fully saturated rings. The summed E-state index contributed by atoms with van der Waals surface area (Å²) in [5, 5.41) is 10.2. The van der Waals surface area contributed by atoms with Gasteiger partial charge >= 0.3 is 0 Å². The Balaban J connectivity index is 0.000000845. The van der Waals surface area contributed by atoms with Crippen LogP contribution in [0.25, 0.3) is 10.9 Å². The summed E-state index contributed by atoms with van der Waals surface area (Å²) in [5.74, 6) is 0.166. The van der Waals surface area contributed by atoms with E-state index < -0.39 is 0 Å². The molecule has 0 spiro atoms. The van der Waals surface area contributed by atoms with Gasteiger partial charge in [-0.15, -0.1) is 0 Å². The van der Waals surface area contributed by atoms with E-state index in [-0.39, 0.29) is 26.8 Å². The molecule has 13 heavy (non-hydrogen) atoms. The van der Waals surface area contributed by atoms with E-state index in [1.807, 2.05) is 6.07 Å². The number of rotatable bonds is 0. The molecule has 3 N–H and O–H groups in total. The molecule has 0 saturated heterocycles. The van der Waals surface area contributed by atoms with E-state index in [1.54, 1.807) is 24.4 Å². The van der Waals surface area contributed by atoms with Crippen molar-refractivity contribution in [1.82, 2.24) is 4.98 Å². The summed E-state index contributed by atoms with van der Waals surface area (Å²) in [7, 11) is 0. The van der Waals surface area contributed by atoms with E-state index in [4.69, 9.17) is 5.73 Å². The number of pyridine rings is 1. The standard InChI is InChI=1S/C9H8N2O.Pt/c10-7-3-4-8(12)9-6(7)2-1-5-11-9;/h1-5,12H,10H2;. The van der Waals surface area contributed by atoms with Gasteiger partial charge in [-0.05, 0) is 24.3 Å². The number of nitrogen functional groups attached to an aromatic ring is 1. The van der Waals surface area contributed by atoms with Crippen molar-refractivity contribution >= 4 is 16.6 Å². The number of phenols is 1. The molecule has 70 valence electrons. The van der Waals surface area contributed by atoms with Crippen molar-refractivity contribution in [3.8, 4) is 5.75 Å². The van der Waals surface area contributed by atoms with Crippen molar-refractivity contribution in [3.63, 3.8) is 0 Å². The SMILES string of the molecule is Nc1ccc(O)c2ncccc12.[Pt]. The molecule has 2 rings (SSSR count). The van der Waals surface area contributed by atoms with Gasteiger partial charge in [-0.25, -0.2) is 0 Å². The Hall–Kier alpha value is -1.08. The second-order valence-electron chi connectivity index (χ2n) is 2.57. The minimum atomic E-state index is 0. The van der Waals surface area contributed by atoms with Crippen molar-refractivity contribution < 1.29 is 26.2 Å². The first kappa shape index (κ1) is 10.0. The van der Waals surface area contributed by atoms with Crippen molar-refractivity contribution in [2.45, 2.75) is 0 Å². The normalized spacial score (nSPS) is 9.54. The van der Waals surface area contributed by atoms with Gasteiger partial charge in [-0.1, -0.05) is 0 Å². The molecule has 0 unspecified atom stereocenters. The summed E-state index contributed by atoms with van der Waals surface area (Å²) >= 11 is 0. The molecule has 0 aliphatic rings. The minimum Gasteiger partial charge on any atom is -0.506 e. The summed E-state index contributed by atoms with van der Waals surface area (Å²) in [6, 6.07) is 6.83. The fraction of sp³-hybridized carbons (Fsp3) is 0. The minimum absolute atomic E-state index is 0. The van der Waals surface area contributed by atoms with E-state index in [0.717, 1.165) is 5.39 Å². The van der Waals surface area contributed by atoms with Crippen molar-refractivity contribution in [3.05, 3.63) is 30.5 Å². The first-order valence-corrected chi connectivity index (χ1v) is 3.61. The van der Waals surface area contributed by atoms with Gasteiger partial charge in [-0.2, -0.15) is 0 Å². The summed E-state index contributed by atoms with van der Waals surface area (Å²) in [6.07, 6.45) is 1.63. The van der Waals surface area contributed by atoms with Gasteiger partial charge in [0.25, 0.3) is 0 Å². The smallest absolute Gasteiger partial charge is 0.141 e. The van der Waals surface area contributed by atoms with Gasteiger partial charge in [0.05, 0.1) is 0 Å². The molecule has 3 nitrogen and oxygen atoms in total. The maximum absolute atomic E-state index is 9.38. The van der Waals surface area contributed by atoms with Crippen LogP contribution in [0.15, 0.2) is 30.5 Å². The zero-order chi connectivity index (χ0) is 8.55. The van der Waals surface area contributed by atoms with Crippen LogP contribution in [0.3, 0.4) is 0 Å². The summed E-state index contributed by atoms with van der Waals surface area (Å²) in [6.45, 7) is 0. The molecule has 2 aromatic rings. The van der Waals surface area contributed by atoms with Gasteiger partial charge in [0, 0.05) is 38.3 Å². The van der Waals surface area contributed by atoms with Crippen LogP contribution in [-0.2, 0) is 21.1 Å². The van der Waals surface area contributed by atoms with Crippen LogP contribution < -0.4 is 5.73 Å². The molecule has 0 bridgehead atoms. The van der Waals surface area contributed by atoms with Gasteiger partial charge in [-0.3, -0.25) is 4.98 Å². The molecule has 0 saturated carbocycles. The number of hydrogen-bond acceptors (Lipinski definition) is 3. The van der Waals surface area contributed by atoms with E-state index in [9.17, 15) is 5.11 Å². The second kappa shape index (κ2) is 3.75. The number of anilines is 1. The number of aromatic nitrogens is 1. The van der Waals surface area contributed by atoms with Gasteiger partial charge in [0.1, 0.15) is 11.3 Å². The first-order chi connectivity index (χ1) is 5.79. The number of hydrogen-bond donors (Lipinski definition) is 2. The fourth-order valence-corrected chi connectivity index (χ4v) is 1.18. The Morgan fingerprint density at radius 1 is 1.23 bits per heavy atom. The number of benzene rings is 1.